The van der Waals surface area contributed by atoms with Crippen molar-refractivity contribution in [2.75, 3.05) is 5.73 Å². The third-order valence-corrected chi connectivity index (χ3v) is 4.63. The highest BCUT2D eigenvalue weighted by atomic mass is 19.1. The van der Waals surface area contributed by atoms with Crippen LogP contribution in [0.5, 0.6) is 0 Å². The zero-order chi connectivity index (χ0) is 14.4. The van der Waals surface area contributed by atoms with E-state index in [4.69, 9.17) is 5.73 Å². The van der Waals surface area contributed by atoms with Crippen molar-refractivity contribution in [3.63, 3.8) is 0 Å². The monoisotopic (exact) mass is 287 g/mol. The molecule has 2 aliphatic rings. The van der Waals surface area contributed by atoms with Gasteiger partial charge in [0.25, 0.3) is 0 Å². The van der Waals surface area contributed by atoms with E-state index in [0.29, 0.717) is 17.3 Å². The van der Waals surface area contributed by atoms with Crippen molar-refractivity contribution < 1.29 is 4.39 Å². The molecule has 0 radical (unpaired) electrons. The molecule has 0 aliphatic heterocycles. The van der Waals surface area contributed by atoms with Gasteiger partial charge in [-0.05, 0) is 72.1 Å². The first-order chi connectivity index (χ1) is 10.2. The van der Waals surface area contributed by atoms with Crippen molar-refractivity contribution in [3.8, 4) is 11.4 Å². The summed E-state index contributed by atoms with van der Waals surface area (Å²) in [4.78, 5) is 0. The highest BCUT2D eigenvalue weighted by Crippen LogP contribution is 2.50. The Bertz CT molecular complexity index is 648. The molecule has 0 bridgehead atoms. The summed E-state index contributed by atoms with van der Waals surface area (Å²) >= 11 is 0. The van der Waals surface area contributed by atoms with Crippen LogP contribution in [0.4, 0.5) is 10.1 Å². The van der Waals surface area contributed by atoms with Gasteiger partial charge in [0.15, 0.2) is 5.82 Å². The molecule has 2 saturated carbocycles. The van der Waals surface area contributed by atoms with Gasteiger partial charge >= 0.3 is 0 Å². The highest BCUT2D eigenvalue weighted by Gasteiger charge is 2.41. The van der Waals surface area contributed by atoms with Crippen LogP contribution in [0.2, 0.25) is 0 Å². The first-order valence-corrected chi connectivity index (χ1v) is 7.54. The van der Waals surface area contributed by atoms with Gasteiger partial charge in [-0.25, -0.2) is 9.07 Å². The first-order valence-electron chi connectivity index (χ1n) is 7.54. The molecule has 0 spiro atoms. The fourth-order valence-corrected chi connectivity index (χ4v) is 3.13. The van der Waals surface area contributed by atoms with Crippen molar-refractivity contribution in [1.29, 1.82) is 0 Å². The van der Waals surface area contributed by atoms with Crippen LogP contribution < -0.4 is 5.73 Å². The Morgan fingerprint density at radius 1 is 1.24 bits per heavy atom. The van der Waals surface area contributed by atoms with E-state index in [1.807, 2.05) is 4.68 Å². The van der Waals surface area contributed by atoms with Gasteiger partial charge in [-0.15, -0.1) is 5.10 Å². The van der Waals surface area contributed by atoms with Gasteiger partial charge in [-0.2, -0.15) is 0 Å². The summed E-state index contributed by atoms with van der Waals surface area (Å²) in [6.07, 6.45) is 5.31. The summed E-state index contributed by atoms with van der Waals surface area (Å²) in [5.41, 5.74) is 6.35. The van der Waals surface area contributed by atoms with Gasteiger partial charge in [0.2, 0.25) is 0 Å². The predicted molar refractivity (Wildman–Crippen MR) is 76.6 cm³/mol. The van der Waals surface area contributed by atoms with Gasteiger partial charge in [-0.3, -0.25) is 0 Å². The van der Waals surface area contributed by atoms with Gasteiger partial charge in [-0.1, -0.05) is 0 Å². The third kappa shape index (κ3) is 2.50. The molecule has 4 rings (SSSR count). The van der Waals surface area contributed by atoms with Crippen LogP contribution in [0.3, 0.4) is 0 Å². The number of aromatic nitrogens is 4. The van der Waals surface area contributed by atoms with E-state index in [1.54, 1.807) is 12.1 Å². The van der Waals surface area contributed by atoms with Gasteiger partial charge in [0.05, 0.1) is 5.69 Å². The predicted octanol–water partition coefficient (Wildman–Crippen LogP) is 2.50. The fraction of sp³-hybridized carbons (Fsp3) is 0.533. The van der Waals surface area contributed by atoms with E-state index >= 15 is 0 Å². The Morgan fingerprint density at radius 2 is 1.95 bits per heavy atom. The van der Waals surface area contributed by atoms with E-state index in [-0.39, 0.29) is 5.69 Å². The van der Waals surface area contributed by atoms with E-state index in [0.717, 1.165) is 18.4 Å². The lowest BCUT2D eigenvalue weighted by atomic mass is 9.98. The fourth-order valence-electron chi connectivity index (χ4n) is 3.13. The van der Waals surface area contributed by atoms with Crippen LogP contribution in [0.15, 0.2) is 18.2 Å². The largest absolute Gasteiger partial charge is 0.396 e. The highest BCUT2D eigenvalue weighted by molar-refractivity contribution is 5.59. The molecule has 5 nitrogen and oxygen atoms in total. The number of hydrogen-bond donors (Lipinski definition) is 1. The smallest absolute Gasteiger partial charge is 0.182 e. The van der Waals surface area contributed by atoms with Crippen LogP contribution in [-0.4, -0.2) is 20.2 Å². The van der Waals surface area contributed by atoms with Crippen molar-refractivity contribution in [2.24, 2.45) is 17.8 Å². The van der Waals surface area contributed by atoms with Crippen LogP contribution in [-0.2, 0) is 6.54 Å². The maximum absolute atomic E-state index is 13.6. The number of nitrogens with zero attached hydrogens (tertiary/aromatic N) is 4. The minimum atomic E-state index is -0.428. The summed E-state index contributed by atoms with van der Waals surface area (Å²) in [7, 11) is 0. The zero-order valence-corrected chi connectivity index (χ0v) is 11.7. The summed E-state index contributed by atoms with van der Waals surface area (Å²) in [6.45, 7) is 0.837. The molecule has 0 amide bonds. The maximum Gasteiger partial charge on any atom is 0.182 e. The number of nitrogens with two attached hydrogens (primary N) is 1. The van der Waals surface area contributed by atoms with Crippen molar-refractivity contribution in [2.45, 2.75) is 32.2 Å². The maximum atomic E-state index is 13.6. The Hall–Kier alpha value is -1.98. The number of halogens is 1. The Balaban J connectivity index is 1.61. The zero-order valence-electron chi connectivity index (χ0n) is 11.7. The van der Waals surface area contributed by atoms with E-state index in [9.17, 15) is 4.39 Å². The molecule has 2 fully saturated rings. The van der Waals surface area contributed by atoms with Crippen LogP contribution in [0.1, 0.15) is 25.7 Å². The second-order valence-corrected chi connectivity index (χ2v) is 6.26. The molecule has 1 heterocycles. The molecule has 2 aliphatic carbocycles. The second kappa shape index (κ2) is 4.79. The molecule has 0 unspecified atom stereocenters. The lowest BCUT2D eigenvalue weighted by Gasteiger charge is -2.15. The number of tetrazole rings is 1. The van der Waals surface area contributed by atoms with E-state index in [2.05, 4.69) is 15.5 Å². The van der Waals surface area contributed by atoms with Gasteiger partial charge in [0, 0.05) is 12.1 Å². The van der Waals surface area contributed by atoms with Crippen LogP contribution in [0.25, 0.3) is 11.4 Å². The molecule has 0 saturated heterocycles. The Labute approximate surface area is 122 Å². The SMILES string of the molecule is Nc1ccc(-c2nnnn2CC(C2CC2)C2CC2)cc1F. The summed E-state index contributed by atoms with van der Waals surface area (Å²) in [5.74, 6) is 2.53. The number of benzene rings is 1. The van der Waals surface area contributed by atoms with Crippen molar-refractivity contribution in [1.82, 2.24) is 20.2 Å². The minimum Gasteiger partial charge on any atom is -0.396 e. The van der Waals surface area contributed by atoms with Crippen LogP contribution in [0, 0.1) is 23.6 Å². The Kier molecular flexibility index (Phi) is 2.90. The molecule has 2 aromatic rings. The molecule has 0 atom stereocenters. The van der Waals surface area contributed by atoms with E-state index < -0.39 is 5.82 Å². The second-order valence-electron chi connectivity index (χ2n) is 6.26. The molecular formula is C15H18FN5. The summed E-state index contributed by atoms with van der Waals surface area (Å²) in [6, 6.07) is 4.73. The average molecular weight is 287 g/mol. The third-order valence-electron chi connectivity index (χ3n) is 4.63. The molecule has 110 valence electrons. The average Bonchev–Trinajstić information content (AvgIpc) is 3.39. The van der Waals surface area contributed by atoms with Crippen molar-refractivity contribution in [3.05, 3.63) is 24.0 Å². The van der Waals surface area contributed by atoms with Gasteiger partial charge < -0.3 is 5.73 Å². The lowest BCUT2D eigenvalue weighted by molar-refractivity contribution is 0.331. The summed E-state index contributed by atoms with van der Waals surface area (Å²) < 4.78 is 15.5. The standard InChI is InChI=1S/C15H18FN5/c16-13-7-11(5-6-14(13)17)15-18-19-20-21(15)8-12(9-1-2-9)10-3-4-10/h5-7,9-10,12H,1-4,8,17H2. The van der Waals surface area contributed by atoms with Crippen LogP contribution >= 0.6 is 0 Å². The Morgan fingerprint density at radius 3 is 2.57 bits per heavy atom. The normalized spacial score (nSPS) is 18.4. The molecular weight excluding hydrogens is 269 g/mol. The quantitative estimate of drug-likeness (QED) is 0.858. The summed E-state index contributed by atoms with van der Waals surface area (Å²) in [5, 5.41) is 11.9. The lowest BCUT2D eigenvalue weighted by Crippen LogP contribution is -2.17. The molecule has 21 heavy (non-hydrogen) atoms. The number of hydrogen-bond acceptors (Lipinski definition) is 4. The van der Waals surface area contributed by atoms with E-state index in [1.165, 1.54) is 31.7 Å². The molecule has 6 heteroatoms. The number of anilines is 1. The molecule has 2 N–H and O–H groups in total. The minimum absolute atomic E-state index is 0.145. The first kappa shape index (κ1) is 12.7. The number of nitrogen functional groups attached to an aromatic ring is 1. The number of rotatable bonds is 5. The van der Waals surface area contributed by atoms with Crippen molar-refractivity contribution >= 4 is 5.69 Å². The molecule has 1 aromatic heterocycles. The molecule has 1 aromatic carbocycles. The topological polar surface area (TPSA) is 69.6 Å². The van der Waals surface area contributed by atoms with Gasteiger partial charge in [0.1, 0.15) is 5.82 Å².